The maximum Gasteiger partial charge on any atom is 0.248 e. The van der Waals surface area contributed by atoms with Crippen molar-refractivity contribution in [2.24, 2.45) is 0 Å². The fourth-order valence-electron chi connectivity index (χ4n) is 3.22. The molecule has 0 bridgehead atoms. The highest BCUT2D eigenvalue weighted by atomic mass is 35.5. The van der Waals surface area contributed by atoms with E-state index in [0.717, 1.165) is 30.5 Å². The van der Waals surface area contributed by atoms with Crippen molar-refractivity contribution in [2.45, 2.75) is 32.8 Å². The second-order valence-corrected chi connectivity index (χ2v) is 8.34. The number of carbonyl (C=O) groups is 1. The van der Waals surface area contributed by atoms with Gasteiger partial charge in [-0.3, -0.25) is 4.79 Å². The molecule has 0 aromatic heterocycles. The van der Waals surface area contributed by atoms with Crippen LogP contribution in [0.25, 0.3) is 6.08 Å². The summed E-state index contributed by atoms with van der Waals surface area (Å²) in [5.41, 5.74) is 3.56. The molecule has 0 aliphatic rings. The second kappa shape index (κ2) is 12.3. The van der Waals surface area contributed by atoms with Crippen molar-refractivity contribution in [2.75, 3.05) is 12.4 Å². The average Bonchev–Trinajstić information content (AvgIpc) is 2.82. The van der Waals surface area contributed by atoms with Gasteiger partial charge in [0.1, 0.15) is 6.61 Å². The number of unbranched alkanes of at least 4 members (excludes halogenated alkanes) is 1. The van der Waals surface area contributed by atoms with E-state index < -0.39 is 0 Å². The Kier molecular flexibility index (Phi) is 9.23. The van der Waals surface area contributed by atoms with E-state index in [1.807, 2.05) is 30.3 Å². The van der Waals surface area contributed by atoms with Gasteiger partial charge in [-0.25, -0.2) is 0 Å². The van der Waals surface area contributed by atoms with Gasteiger partial charge in [-0.1, -0.05) is 60.8 Å². The van der Waals surface area contributed by atoms with Crippen LogP contribution < -0.4 is 14.8 Å². The molecular formula is C27H27Cl2NO3. The van der Waals surface area contributed by atoms with Crippen LogP contribution in [0.4, 0.5) is 5.69 Å². The maximum absolute atomic E-state index is 12.3. The third kappa shape index (κ3) is 7.28. The van der Waals surface area contributed by atoms with Gasteiger partial charge in [0.2, 0.25) is 5.91 Å². The molecule has 172 valence electrons. The van der Waals surface area contributed by atoms with Crippen LogP contribution in [0.1, 0.15) is 36.5 Å². The lowest BCUT2D eigenvalue weighted by atomic mass is 10.1. The SMILES string of the molecule is CCCCc1ccc(NC(=O)C=Cc2ccc(OCc3c(Cl)cccc3Cl)c(OC)c2)cc1. The van der Waals surface area contributed by atoms with Crippen molar-refractivity contribution >= 4 is 40.9 Å². The van der Waals surface area contributed by atoms with Crippen LogP contribution in [0.2, 0.25) is 10.0 Å². The van der Waals surface area contributed by atoms with Gasteiger partial charge in [0, 0.05) is 27.4 Å². The second-order valence-electron chi connectivity index (χ2n) is 7.52. The Morgan fingerprint density at radius 1 is 1.00 bits per heavy atom. The van der Waals surface area contributed by atoms with Crippen molar-refractivity contribution in [3.05, 3.63) is 93.5 Å². The first-order chi connectivity index (χ1) is 16.0. The Morgan fingerprint density at radius 3 is 2.39 bits per heavy atom. The lowest BCUT2D eigenvalue weighted by Crippen LogP contribution is -2.07. The minimum Gasteiger partial charge on any atom is -0.493 e. The molecule has 0 saturated carbocycles. The van der Waals surface area contributed by atoms with E-state index in [9.17, 15) is 4.79 Å². The van der Waals surface area contributed by atoms with Crippen molar-refractivity contribution in [1.82, 2.24) is 0 Å². The molecule has 0 heterocycles. The third-order valence-electron chi connectivity index (χ3n) is 5.09. The van der Waals surface area contributed by atoms with Gasteiger partial charge < -0.3 is 14.8 Å². The zero-order valence-electron chi connectivity index (χ0n) is 18.7. The summed E-state index contributed by atoms with van der Waals surface area (Å²) in [7, 11) is 1.56. The van der Waals surface area contributed by atoms with Crippen molar-refractivity contribution < 1.29 is 14.3 Å². The summed E-state index contributed by atoms with van der Waals surface area (Å²) in [5, 5.41) is 3.97. The van der Waals surface area contributed by atoms with E-state index in [-0.39, 0.29) is 12.5 Å². The topological polar surface area (TPSA) is 47.6 Å². The fourth-order valence-corrected chi connectivity index (χ4v) is 3.73. The van der Waals surface area contributed by atoms with Crippen LogP contribution in [-0.2, 0) is 17.8 Å². The number of nitrogens with one attached hydrogen (secondary N) is 1. The number of hydrogen-bond acceptors (Lipinski definition) is 3. The highest BCUT2D eigenvalue weighted by Crippen LogP contribution is 2.31. The van der Waals surface area contributed by atoms with E-state index in [1.165, 1.54) is 11.6 Å². The smallest absolute Gasteiger partial charge is 0.248 e. The number of carbonyl (C=O) groups excluding carboxylic acids is 1. The molecule has 1 amide bonds. The summed E-state index contributed by atoms with van der Waals surface area (Å²) in [6, 6.07) is 18.7. The Hall–Kier alpha value is -2.95. The normalized spacial score (nSPS) is 10.9. The summed E-state index contributed by atoms with van der Waals surface area (Å²) < 4.78 is 11.3. The van der Waals surface area contributed by atoms with E-state index in [0.29, 0.717) is 27.1 Å². The summed E-state index contributed by atoms with van der Waals surface area (Å²) in [4.78, 5) is 12.3. The number of aryl methyl sites for hydroxylation is 1. The highest BCUT2D eigenvalue weighted by Gasteiger charge is 2.10. The molecule has 3 aromatic carbocycles. The molecule has 3 aromatic rings. The van der Waals surface area contributed by atoms with Gasteiger partial charge in [0.25, 0.3) is 0 Å². The first-order valence-corrected chi connectivity index (χ1v) is 11.6. The van der Waals surface area contributed by atoms with Crippen LogP contribution in [0.5, 0.6) is 11.5 Å². The monoisotopic (exact) mass is 483 g/mol. The van der Waals surface area contributed by atoms with Crippen molar-refractivity contribution in [3.63, 3.8) is 0 Å². The number of hydrogen-bond donors (Lipinski definition) is 1. The summed E-state index contributed by atoms with van der Waals surface area (Å²) in [6.07, 6.45) is 6.59. The Balaban J connectivity index is 1.61. The molecule has 0 atom stereocenters. The molecule has 0 spiro atoms. The number of ether oxygens (including phenoxy) is 2. The Bertz CT molecular complexity index is 1090. The Morgan fingerprint density at radius 2 is 1.73 bits per heavy atom. The first-order valence-electron chi connectivity index (χ1n) is 10.8. The zero-order valence-corrected chi connectivity index (χ0v) is 20.2. The van der Waals surface area contributed by atoms with Crippen LogP contribution in [0.15, 0.2) is 66.7 Å². The standard InChI is InChI=1S/C27H27Cl2NO3/c1-3-4-6-19-9-13-21(14-10-19)30-27(31)16-12-20-11-15-25(26(17-20)32-2)33-18-22-23(28)7-5-8-24(22)29/h5,7-17H,3-4,6,18H2,1-2H3,(H,30,31). The Labute approximate surface area is 205 Å². The van der Waals surface area contributed by atoms with Gasteiger partial charge >= 0.3 is 0 Å². The lowest BCUT2D eigenvalue weighted by molar-refractivity contribution is -0.111. The average molecular weight is 484 g/mol. The first kappa shape index (κ1) is 24.7. The summed E-state index contributed by atoms with van der Waals surface area (Å²) in [6.45, 7) is 2.39. The number of benzene rings is 3. The molecule has 0 aliphatic heterocycles. The van der Waals surface area contributed by atoms with E-state index in [2.05, 4.69) is 12.2 Å². The van der Waals surface area contributed by atoms with Crippen molar-refractivity contribution in [3.8, 4) is 11.5 Å². The van der Waals surface area contributed by atoms with Crippen LogP contribution in [-0.4, -0.2) is 13.0 Å². The summed E-state index contributed by atoms with van der Waals surface area (Å²) in [5.74, 6) is 0.894. The molecule has 0 unspecified atom stereocenters. The lowest BCUT2D eigenvalue weighted by Gasteiger charge is -2.13. The third-order valence-corrected chi connectivity index (χ3v) is 5.80. The quantitative estimate of drug-likeness (QED) is 0.302. The molecule has 1 N–H and O–H groups in total. The van der Waals surface area contributed by atoms with E-state index in [4.69, 9.17) is 32.7 Å². The molecule has 3 rings (SSSR count). The minimum absolute atomic E-state index is 0.205. The number of amides is 1. The molecule has 0 aliphatic carbocycles. The molecule has 0 radical (unpaired) electrons. The van der Waals surface area contributed by atoms with E-state index >= 15 is 0 Å². The van der Waals surface area contributed by atoms with Gasteiger partial charge in [-0.05, 0) is 66.4 Å². The summed E-state index contributed by atoms with van der Waals surface area (Å²) >= 11 is 12.4. The molecule has 0 saturated heterocycles. The van der Waals surface area contributed by atoms with Crippen molar-refractivity contribution in [1.29, 1.82) is 0 Å². The molecule has 6 heteroatoms. The molecule has 0 fully saturated rings. The molecular weight excluding hydrogens is 457 g/mol. The van der Waals surface area contributed by atoms with Gasteiger partial charge in [0.05, 0.1) is 7.11 Å². The molecule has 4 nitrogen and oxygen atoms in total. The highest BCUT2D eigenvalue weighted by molar-refractivity contribution is 6.35. The van der Waals surface area contributed by atoms with Gasteiger partial charge in [-0.15, -0.1) is 0 Å². The zero-order chi connectivity index (χ0) is 23.6. The van der Waals surface area contributed by atoms with E-state index in [1.54, 1.807) is 43.5 Å². The number of rotatable bonds is 10. The minimum atomic E-state index is -0.205. The van der Waals surface area contributed by atoms with Gasteiger partial charge in [-0.2, -0.15) is 0 Å². The maximum atomic E-state index is 12.3. The predicted molar refractivity (Wildman–Crippen MR) is 137 cm³/mol. The number of methoxy groups -OCH3 is 1. The largest absolute Gasteiger partial charge is 0.493 e. The number of halogens is 2. The van der Waals surface area contributed by atoms with Crippen LogP contribution in [0, 0.1) is 0 Å². The predicted octanol–water partition coefficient (Wildman–Crippen LogP) is 7.58. The fraction of sp³-hybridized carbons (Fsp3) is 0.222. The van der Waals surface area contributed by atoms with Crippen LogP contribution >= 0.6 is 23.2 Å². The molecule has 33 heavy (non-hydrogen) atoms. The van der Waals surface area contributed by atoms with Gasteiger partial charge in [0.15, 0.2) is 11.5 Å². The van der Waals surface area contributed by atoms with Crippen LogP contribution in [0.3, 0.4) is 0 Å². The number of anilines is 1.